The highest BCUT2D eigenvalue weighted by Crippen LogP contribution is 2.31. The van der Waals surface area contributed by atoms with E-state index in [-0.39, 0.29) is 6.61 Å². The molecule has 0 aromatic heterocycles. The molecule has 0 fully saturated rings. The molecule has 21 heavy (non-hydrogen) atoms. The van der Waals surface area contributed by atoms with Gasteiger partial charge in [-0.3, -0.25) is 0 Å². The van der Waals surface area contributed by atoms with Crippen LogP contribution >= 0.6 is 0 Å². The molecule has 2 aromatic carbocycles. The Morgan fingerprint density at radius 2 is 1.95 bits per heavy atom. The van der Waals surface area contributed by atoms with E-state index >= 15 is 0 Å². The van der Waals surface area contributed by atoms with Gasteiger partial charge in [0.1, 0.15) is 12.4 Å². The van der Waals surface area contributed by atoms with Crippen molar-refractivity contribution in [3.8, 4) is 5.75 Å². The Kier molecular flexibility index (Phi) is 3.56. The number of benzene rings is 2. The van der Waals surface area contributed by atoms with E-state index in [2.05, 4.69) is 5.16 Å². The van der Waals surface area contributed by atoms with E-state index in [1.165, 1.54) is 6.07 Å². The first-order valence-corrected chi connectivity index (χ1v) is 6.59. The van der Waals surface area contributed by atoms with Crippen LogP contribution < -0.4 is 4.74 Å². The lowest BCUT2D eigenvalue weighted by Crippen LogP contribution is -2.00. The fourth-order valence-corrected chi connectivity index (χ4v) is 2.50. The molecule has 0 bridgehead atoms. The fourth-order valence-electron chi connectivity index (χ4n) is 2.50. The number of halogens is 2. The van der Waals surface area contributed by atoms with Crippen molar-refractivity contribution in [2.75, 3.05) is 0 Å². The molecule has 0 radical (unpaired) electrons. The first-order valence-electron chi connectivity index (χ1n) is 6.59. The summed E-state index contributed by atoms with van der Waals surface area (Å²) in [6.45, 7) is 0.152. The highest BCUT2D eigenvalue weighted by atomic mass is 19.2. The maximum absolute atomic E-state index is 13.1. The third-order valence-corrected chi connectivity index (χ3v) is 3.55. The van der Waals surface area contributed by atoms with Crippen LogP contribution in [-0.2, 0) is 13.0 Å². The smallest absolute Gasteiger partial charge is 0.159 e. The summed E-state index contributed by atoms with van der Waals surface area (Å²) in [7, 11) is 0. The van der Waals surface area contributed by atoms with Crippen LogP contribution in [0.5, 0.6) is 5.75 Å². The normalized spacial score (nSPS) is 15.2. The Labute approximate surface area is 120 Å². The number of nitrogens with zero attached hydrogens (tertiary/aromatic N) is 1. The number of ether oxygens (including phenoxy) is 1. The average molecular weight is 289 g/mol. The van der Waals surface area contributed by atoms with Crippen molar-refractivity contribution in [1.82, 2.24) is 0 Å². The predicted octanol–water partition coefficient (Wildman–Crippen LogP) is 3.67. The molecule has 0 spiro atoms. The van der Waals surface area contributed by atoms with Gasteiger partial charge in [-0.05, 0) is 36.6 Å². The van der Waals surface area contributed by atoms with Crippen molar-refractivity contribution in [2.45, 2.75) is 19.4 Å². The summed E-state index contributed by atoms with van der Waals surface area (Å²) in [6.07, 6.45) is 1.40. The van der Waals surface area contributed by atoms with Gasteiger partial charge in [-0.15, -0.1) is 0 Å². The average Bonchev–Trinajstić information content (AvgIpc) is 2.92. The quantitative estimate of drug-likeness (QED) is 0.692. The second-order valence-corrected chi connectivity index (χ2v) is 4.87. The van der Waals surface area contributed by atoms with Gasteiger partial charge in [0.05, 0.1) is 5.71 Å². The maximum Gasteiger partial charge on any atom is 0.159 e. The van der Waals surface area contributed by atoms with Gasteiger partial charge in [-0.2, -0.15) is 0 Å². The van der Waals surface area contributed by atoms with Gasteiger partial charge in [-0.1, -0.05) is 23.4 Å². The van der Waals surface area contributed by atoms with E-state index in [1.54, 1.807) is 0 Å². The minimum absolute atomic E-state index is 0.152. The van der Waals surface area contributed by atoms with Crippen LogP contribution in [0, 0.1) is 11.6 Å². The molecule has 108 valence electrons. The Morgan fingerprint density at radius 1 is 1.10 bits per heavy atom. The first kappa shape index (κ1) is 13.5. The molecule has 1 aliphatic carbocycles. The summed E-state index contributed by atoms with van der Waals surface area (Å²) in [5.41, 5.74) is 3.05. The van der Waals surface area contributed by atoms with Crippen LogP contribution in [0.15, 0.2) is 41.6 Å². The zero-order chi connectivity index (χ0) is 14.8. The van der Waals surface area contributed by atoms with Crippen LogP contribution in [0.2, 0.25) is 0 Å². The van der Waals surface area contributed by atoms with Gasteiger partial charge >= 0.3 is 0 Å². The second-order valence-electron chi connectivity index (χ2n) is 4.87. The molecular weight excluding hydrogens is 276 g/mol. The van der Waals surface area contributed by atoms with Gasteiger partial charge < -0.3 is 9.94 Å². The molecule has 3 rings (SSSR count). The van der Waals surface area contributed by atoms with Gasteiger partial charge in [0.2, 0.25) is 0 Å². The lowest BCUT2D eigenvalue weighted by molar-refractivity contribution is 0.302. The first-order chi connectivity index (χ1) is 10.2. The van der Waals surface area contributed by atoms with Crippen molar-refractivity contribution < 1.29 is 18.7 Å². The second kappa shape index (κ2) is 5.52. The van der Waals surface area contributed by atoms with Crippen LogP contribution in [0.3, 0.4) is 0 Å². The lowest BCUT2D eigenvalue weighted by atomic mass is 10.1. The van der Waals surface area contributed by atoms with E-state index in [9.17, 15) is 8.78 Å². The molecule has 0 unspecified atom stereocenters. The summed E-state index contributed by atoms with van der Waals surface area (Å²) in [6, 6.07) is 9.21. The van der Waals surface area contributed by atoms with Crippen molar-refractivity contribution in [2.24, 2.45) is 5.16 Å². The molecule has 1 aliphatic rings. The minimum atomic E-state index is -0.885. The summed E-state index contributed by atoms with van der Waals surface area (Å²) in [5.74, 6) is -1.08. The monoisotopic (exact) mass is 289 g/mol. The molecular formula is C16H13F2NO2. The summed E-state index contributed by atoms with van der Waals surface area (Å²) in [5, 5.41) is 12.2. The molecule has 0 saturated heterocycles. The van der Waals surface area contributed by atoms with Gasteiger partial charge in [0.25, 0.3) is 0 Å². The van der Waals surface area contributed by atoms with E-state index in [0.29, 0.717) is 23.4 Å². The summed E-state index contributed by atoms with van der Waals surface area (Å²) < 4.78 is 31.7. The Hall–Kier alpha value is -2.43. The number of hydrogen-bond donors (Lipinski definition) is 1. The molecule has 3 nitrogen and oxygen atoms in total. The van der Waals surface area contributed by atoms with Crippen molar-refractivity contribution in [1.29, 1.82) is 0 Å². The van der Waals surface area contributed by atoms with Crippen LogP contribution in [0.4, 0.5) is 8.78 Å². The molecule has 2 aromatic rings. The van der Waals surface area contributed by atoms with Crippen LogP contribution in [-0.4, -0.2) is 10.9 Å². The van der Waals surface area contributed by atoms with Gasteiger partial charge in [0, 0.05) is 11.1 Å². The van der Waals surface area contributed by atoms with Gasteiger partial charge in [-0.25, -0.2) is 8.78 Å². The Morgan fingerprint density at radius 3 is 2.71 bits per heavy atom. The van der Waals surface area contributed by atoms with E-state index < -0.39 is 11.6 Å². The largest absolute Gasteiger partial charge is 0.489 e. The fraction of sp³-hybridized carbons (Fsp3) is 0.188. The lowest BCUT2D eigenvalue weighted by Gasteiger charge is -2.10. The Balaban J connectivity index is 1.80. The number of hydrogen-bond acceptors (Lipinski definition) is 3. The van der Waals surface area contributed by atoms with Crippen molar-refractivity contribution in [3.05, 3.63) is 64.7 Å². The molecule has 0 aliphatic heterocycles. The van der Waals surface area contributed by atoms with Crippen LogP contribution in [0.1, 0.15) is 23.1 Å². The standard InChI is InChI=1S/C16H13F2NO2/c17-13-6-4-10(8-14(13)18)9-21-16-3-1-2-11-12(16)5-7-15(11)19-20/h1-4,6,8,20H,5,7,9H2/b19-15-. The molecule has 0 amide bonds. The highest BCUT2D eigenvalue weighted by molar-refractivity contribution is 6.04. The predicted molar refractivity (Wildman–Crippen MR) is 73.8 cm³/mol. The topological polar surface area (TPSA) is 41.8 Å². The molecule has 0 heterocycles. The van der Waals surface area contributed by atoms with E-state index in [0.717, 1.165) is 29.7 Å². The SMILES string of the molecule is O/N=C1/CCc2c(OCc3ccc(F)c(F)c3)cccc21. The Bertz CT molecular complexity index is 713. The van der Waals surface area contributed by atoms with E-state index in [1.807, 2.05) is 18.2 Å². The van der Waals surface area contributed by atoms with E-state index in [4.69, 9.17) is 9.94 Å². The number of rotatable bonds is 3. The number of oxime groups is 1. The number of fused-ring (bicyclic) bond motifs is 1. The molecule has 1 N–H and O–H groups in total. The third kappa shape index (κ3) is 2.59. The van der Waals surface area contributed by atoms with Crippen molar-refractivity contribution >= 4 is 5.71 Å². The summed E-state index contributed by atoms with van der Waals surface area (Å²) in [4.78, 5) is 0. The molecule has 0 saturated carbocycles. The zero-order valence-corrected chi connectivity index (χ0v) is 11.1. The molecule has 0 atom stereocenters. The van der Waals surface area contributed by atoms with Crippen molar-refractivity contribution in [3.63, 3.8) is 0 Å². The zero-order valence-electron chi connectivity index (χ0n) is 11.1. The third-order valence-electron chi connectivity index (χ3n) is 3.55. The molecule has 5 heteroatoms. The highest BCUT2D eigenvalue weighted by Gasteiger charge is 2.21. The summed E-state index contributed by atoms with van der Waals surface area (Å²) >= 11 is 0. The van der Waals surface area contributed by atoms with Gasteiger partial charge in [0.15, 0.2) is 11.6 Å². The minimum Gasteiger partial charge on any atom is -0.489 e. The van der Waals surface area contributed by atoms with Crippen LogP contribution in [0.25, 0.3) is 0 Å². The maximum atomic E-state index is 13.1.